The molecule has 1 amide bonds. The van der Waals surface area contributed by atoms with Crippen molar-refractivity contribution in [1.82, 2.24) is 4.98 Å². The Balaban J connectivity index is 1.51. The molecule has 1 aliphatic rings. The molecule has 0 saturated carbocycles. The summed E-state index contributed by atoms with van der Waals surface area (Å²) in [6, 6.07) is 13.9. The molecule has 120 valence electrons. The number of anilines is 2. The minimum atomic E-state index is 0.0413. The van der Waals surface area contributed by atoms with E-state index in [1.54, 1.807) is 6.20 Å². The van der Waals surface area contributed by atoms with Gasteiger partial charge in [-0.2, -0.15) is 0 Å². The highest BCUT2D eigenvalue weighted by molar-refractivity contribution is 5.92. The van der Waals surface area contributed by atoms with Gasteiger partial charge >= 0.3 is 0 Å². The Kier molecular flexibility index (Phi) is 5.21. The number of carbonyl (C=O) groups excluding carboxylic acids is 1. The van der Waals surface area contributed by atoms with Crippen molar-refractivity contribution in [2.75, 3.05) is 23.8 Å². The maximum absolute atomic E-state index is 12.2. The van der Waals surface area contributed by atoms with E-state index in [-0.39, 0.29) is 11.8 Å². The van der Waals surface area contributed by atoms with E-state index < -0.39 is 0 Å². The molecule has 3 rings (SSSR count). The highest BCUT2D eigenvalue weighted by Gasteiger charge is 2.21. The largest absolute Gasteiger partial charge is 0.381 e. The summed E-state index contributed by atoms with van der Waals surface area (Å²) in [7, 11) is 0. The first-order chi connectivity index (χ1) is 11.3. The van der Waals surface area contributed by atoms with Gasteiger partial charge in [0.05, 0.1) is 11.9 Å². The van der Waals surface area contributed by atoms with Crippen LogP contribution in [0.2, 0.25) is 0 Å². The second-order valence-corrected chi connectivity index (χ2v) is 5.65. The molecule has 2 N–H and O–H groups in total. The minimum Gasteiger partial charge on any atom is -0.381 e. The highest BCUT2D eigenvalue weighted by atomic mass is 16.5. The number of rotatable bonds is 5. The molecule has 1 aliphatic heterocycles. The first-order valence-corrected chi connectivity index (χ1v) is 7.94. The van der Waals surface area contributed by atoms with Crippen LogP contribution in [0.15, 0.2) is 48.7 Å². The number of carbonyl (C=O) groups is 1. The molecule has 0 spiro atoms. The van der Waals surface area contributed by atoms with Gasteiger partial charge in [0.25, 0.3) is 0 Å². The van der Waals surface area contributed by atoms with Gasteiger partial charge in [0.2, 0.25) is 5.91 Å². The fraction of sp³-hybridized carbons (Fsp3) is 0.333. The Morgan fingerprint density at radius 2 is 1.91 bits per heavy atom. The number of ether oxygens (including phenoxy) is 1. The molecule has 0 bridgehead atoms. The van der Waals surface area contributed by atoms with Crippen LogP contribution in [-0.2, 0) is 16.1 Å². The van der Waals surface area contributed by atoms with Crippen LogP contribution in [0, 0.1) is 5.92 Å². The summed E-state index contributed by atoms with van der Waals surface area (Å²) in [4.78, 5) is 16.5. The number of pyridine rings is 1. The topological polar surface area (TPSA) is 63.2 Å². The average molecular weight is 311 g/mol. The third-order valence-corrected chi connectivity index (χ3v) is 3.94. The number of amides is 1. The van der Waals surface area contributed by atoms with Gasteiger partial charge in [0, 0.05) is 25.7 Å². The fourth-order valence-corrected chi connectivity index (χ4v) is 2.56. The zero-order valence-electron chi connectivity index (χ0n) is 13.0. The molecule has 23 heavy (non-hydrogen) atoms. The second-order valence-electron chi connectivity index (χ2n) is 5.65. The normalized spacial score (nSPS) is 15.1. The van der Waals surface area contributed by atoms with Crippen molar-refractivity contribution in [2.45, 2.75) is 19.4 Å². The molecule has 0 aliphatic carbocycles. The van der Waals surface area contributed by atoms with E-state index in [9.17, 15) is 4.79 Å². The lowest BCUT2D eigenvalue weighted by molar-refractivity contribution is -0.122. The van der Waals surface area contributed by atoms with Crippen molar-refractivity contribution in [2.24, 2.45) is 5.92 Å². The van der Waals surface area contributed by atoms with Crippen LogP contribution in [0.4, 0.5) is 11.5 Å². The van der Waals surface area contributed by atoms with Crippen LogP contribution in [0.25, 0.3) is 0 Å². The van der Waals surface area contributed by atoms with E-state index >= 15 is 0 Å². The summed E-state index contributed by atoms with van der Waals surface area (Å²) < 4.78 is 5.28. The Hall–Kier alpha value is -2.40. The Morgan fingerprint density at radius 3 is 2.61 bits per heavy atom. The standard InChI is InChI=1S/C18H21N3O2/c22-18(15-8-10-23-11-9-15)21-16-6-7-17(20-13-16)19-12-14-4-2-1-3-5-14/h1-7,13,15H,8-12H2,(H,19,20)(H,21,22). The Bertz CT molecular complexity index is 622. The van der Waals surface area contributed by atoms with Gasteiger partial charge in [-0.3, -0.25) is 4.79 Å². The van der Waals surface area contributed by atoms with Crippen molar-refractivity contribution in [3.05, 3.63) is 54.2 Å². The molecule has 2 heterocycles. The zero-order chi connectivity index (χ0) is 15.9. The van der Waals surface area contributed by atoms with Crippen molar-refractivity contribution >= 4 is 17.4 Å². The number of nitrogens with zero attached hydrogens (tertiary/aromatic N) is 1. The molecule has 1 fully saturated rings. The van der Waals surface area contributed by atoms with Crippen molar-refractivity contribution in [1.29, 1.82) is 0 Å². The van der Waals surface area contributed by atoms with Crippen molar-refractivity contribution in [3.8, 4) is 0 Å². The lowest BCUT2D eigenvalue weighted by atomic mass is 9.99. The predicted molar refractivity (Wildman–Crippen MR) is 90.2 cm³/mol. The average Bonchev–Trinajstić information content (AvgIpc) is 2.63. The van der Waals surface area contributed by atoms with Crippen molar-refractivity contribution in [3.63, 3.8) is 0 Å². The number of aromatic nitrogens is 1. The lowest BCUT2D eigenvalue weighted by Crippen LogP contribution is -2.28. The Labute approximate surface area is 136 Å². The number of hydrogen-bond acceptors (Lipinski definition) is 4. The van der Waals surface area contributed by atoms with E-state index in [1.165, 1.54) is 5.56 Å². The zero-order valence-corrected chi connectivity index (χ0v) is 13.0. The third-order valence-electron chi connectivity index (χ3n) is 3.94. The first kappa shape index (κ1) is 15.5. The van der Waals surface area contributed by atoms with E-state index in [4.69, 9.17) is 4.74 Å². The SMILES string of the molecule is O=C(Nc1ccc(NCc2ccccc2)nc1)C1CCOCC1. The molecule has 1 aromatic carbocycles. The maximum Gasteiger partial charge on any atom is 0.227 e. The third kappa shape index (κ3) is 4.53. The molecular weight excluding hydrogens is 290 g/mol. The predicted octanol–water partition coefficient (Wildman–Crippen LogP) is 3.06. The van der Waals surface area contributed by atoms with Gasteiger partial charge in [-0.15, -0.1) is 0 Å². The number of benzene rings is 1. The quantitative estimate of drug-likeness (QED) is 0.891. The van der Waals surface area contributed by atoms with Gasteiger partial charge in [-0.1, -0.05) is 30.3 Å². The molecule has 1 aromatic heterocycles. The molecule has 1 saturated heterocycles. The smallest absolute Gasteiger partial charge is 0.227 e. The highest BCUT2D eigenvalue weighted by Crippen LogP contribution is 2.18. The van der Waals surface area contributed by atoms with Gasteiger partial charge in [0.15, 0.2) is 0 Å². The van der Waals surface area contributed by atoms with E-state index in [0.717, 1.165) is 30.9 Å². The summed E-state index contributed by atoms with van der Waals surface area (Å²) in [5, 5.41) is 6.19. The van der Waals surface area contributed by atoms with Crippen molar-refractivity contribution < 1.29 is 9.53 Å². The molecule has 0 atom stereocenters. The maximum atomic E-state index is 12.2. The molecule has 0 radical (unpaired) electrons. The van der Waals surface area contributed by atoms with Crippen LogP contribution in [-0.4, -0.2) is 24.1 Å². The van der Waals surface area contributed by atoms with E-state index in [1.807, 2.05) is 30.3 Å². The monoisotopic (exact) mass is 311 g/mol. The number of hydrogen-bond donors (Lipinski definition) is 2. The van der Waals surface area contributed by atoms with Crippen LogP contribution < -0.4 is 10.6 Å². The summed E-state index contributed by atoms with van der Waals surface area (Å²) in [6.07, 6.45) is 3.26. The van der Waals surface area contributed by atoms with Gasteiger partial charge in [-0.05, 0) is 30.5 Å². The molecular formula is C18H21N3O2. The number of nitrogens with one attached hydrogen (secondary N) is 2. The van der Waals surface area contributed by atoms with Crippen LogP contribution >= 0.6 is 0 Å². The molecule has 0 unspecified atom stereocenters. The first-order valence-electron chi connectivity index (χ1n) is 7.94. The van der Waals surface area contributed by atoms with Gasteiger partial charge < -0.3 is 15.4 Å². The van der Waals surface area contributed by atoms with Gasteiger partial charge in [-0.25, -0.2) is 4.98 Å². The summed E-state index contributed by atoms with van der Waals surface area (Å²) in [5.74, 6) is 0.887. The van der Waals surface area contributed by atoms with E-state index in [0.29, 0.717) is 13.2 Å². The molecule has 5 heteroatoms. The summed E-state index contributed by atoms with van der Waals surface area (Å²) in [5.41, 5.74) is 1.93. The van der Waals surface area contributed by atoms with Crippen LogP contribution in [0.3, 0.4) is 0 Å². The summed E-state index contributed by atoms with van der Waals surface area (Å²) in [6.45, 7) is 2.05. The molecule has 2 aromatic rings. The molecule has 5 nitrogen and oxygen atoms in total. The fourth-order valence-electron chi connectivity index (χ4n) is 2.56. The van der Waals surface area contributed by atoms with Crippen LogP contribution in [0.5, 0.6) is 0 Å². The minimum absolute atomic E-state index is 0.0413. The summed E-state index contributed by atoms with van der Waals surface area (Å²) >= 11 is 0. The second kappa shape index (κ2) is 7.74. The van der Waals surface area contributed by atoms with Crippen LogP contribution in [0.1, 0.15) is 18.4 Å². The van der Waals surface area contributed by atoms with E-state index in [2.05, 4.69) is 27.8 Å². The van der Waals surface area contributed by atoms with Gasteiger partial charge in [0.1, 0.15) is 5.82 Å². The Morgan fingerprint density at radius 1 is 1.13 bits per heavy atom. The lowest BCUT2D eigenvalue weighted by Gasteiger charge is -2.21.